The minimum absolute atomic E-state index is 0.408. The lowest BCUT2D eigenvalue weighted by molar-refractivity contribution is 0.420. The lowest BCUT2D eigenvalue weighted by Crippen LogP contribution is -2.01. The summed E-state index contributed by atoms with van der Waals surface area (Å²) >= 11 is 0. The van der Waals surface area contributed by atoms with E-state index >= 15 is 0 Å². The Morgan fingerprint density at radius 3 is 2.11 bits per heavy atom. The van der Waals surface area contributed by atoms with Gasteiger partial charge in [-0.1, -0.05) is 39.2 Å². The molecular weight excluding hydrogens is 107 g/mol. The van der Waals surface area contributed by atoms with Gasteiger partial charge in [-0.05, 0) is 11.8 Å². The van der Waals surface area contributed by atoms with E-state index < -0.39 is 0 Å². The van der Waals surface area contributed by atoms with Crippen molar-refractivity contribution in [3.05, 3.63) is 12.2 Å². The van der Waals surface area contributed by atoms with Crippen molar-refractivity contribution in [2.45, 2.75) is 33.5 Å². The van der Waals surface area contributed by atoms with Crippen molar-refractivity contribution in [2.75, 3.05) is 0 Å². The first-order chi connectivity index (χ1) is 4.06. The molecule has 2 radical (unpaired) electrons. The summed E-state index contributed by atoms with van der Waals surface area (Å²) in [6.45, 7) is 6.65. The summed E-state index contributed by atoms with van der Waals surface area (Å²) in [7, 11) is 5.27. The van der Waals surface area contributed by atoms with E-state index in [4.69, 9.17) is 7.85 Å². The second kappa shape index (κ2) is 3.76. The fourth-order valence-electron chi connectivity index (χ4n) is 0.533. The maximum Gasteiger partial charge on any atom is 0.0708 e. The zero-order valence-electron chi connectivity index (χ0n) is 6.65. The van der Waals surface area contributed by atoms with E-state index in [1.807, 2.05) is 6.08 Å². The number of allylic oxidation sites excluding steroid dienone is 2. The fraction of sp³-hybridized carbons (Fsp3) is 0.750. The molecule has 0 bridgehead atoms. The molecule has 0 saturated heterocycles. The van der Waals surface area contributed by atoms with Crippen molar-refractivity contribution in [1.82, 2.24) is 0 Å². The Morgan fingerprint density at radius 2 is 1.78 bits per heavy atom. The Balaban J connectivity index is 3.38. The first kappa shape index (κ1) is 8.80. The van der Waals surface area contributed by atoms with Crippen molar-refractivity contribution in [2.24, 2.45) is 5.41 Å². The highest BCUT2D eigenvalue weighted by molar-refractivity contribution is 6.09. The number of rotatable bonds is 2. The third-order valence-corrected chi connectivity index (χ3v) is 1.03. The van der Waals surface area contributed by atoms with E-state index in [0.29, 0.717) is 11.7 Å². The third-order valence-electron chi connectivity index (χ3n) is 1.03. The zero-order valence-corrected chi connectivity index (χ0v) is 6.65. The molecule has 0 aliphatic carbocycles. The van der Waals surface area contributed by atoms with Gasteiger partial charge in [0, 0.05) is 0 Å². The minimum Gasteiger partial charge on any atom is -0.0971 e. The summed E-state index contributed by atoms with van der Waals surface area (Å²) in [5.74, 6) is 0. The van der Waals surface area contributed by atoms with Crippen LogP contribution in [-0.4, -0.2) is 7.85 Å². The zero-order chi connectivity index (χ0) is 7.33. The summed E-state index contributed by atoms with van der Waals surface area (Å²) in [4.78, 5) is 0. The van der Waals surface area contributed by atoms with Crippen LogP contribution < -0.4 is 0 Å². The van der Waals surface area contributed by atoms with Gasteiger partial charge in [0.1, 0.15) is 0 Å². The quantitative estimate of drug-likeness (QED) is 0.390. The van der Waals surface area contributed by atoms with E-state index in [1.165, 1.54) is 0 Å². The molecule has 0 nitrogen and oxygen atoms in total. The third kappa shape index (κ3) is 7.80. The summed E-state index contributed by atoms with van der Waals surface area (Å²) < 4.78 is 0. The largest absolute Gasteiger partial charge is 0.0971 e. The summed E-state index contributed by atoms with van der Waals surface area (Å²) in [5.41, 5.74) is 0.408. The van der Waals surface area contributed by atoms with Crippen LogP contribution in [0.2, 0.25) is 6.32 Å². The fourth-order valence-corrected chi connectivity index (χ4v) is 0.533. The van der Waals surface area contributed by atoms with Crippen LogP contribution in [0.5, 0.6) is 0 Å². The van der Waals surface area contributed by atoms with E-state index in [-0.39, 0.29) is 0 Å². The Bertz CT molecular complexity index is 87.2. The van der Waals surface area contributed by atoms with Crippen molar-refractivity contribution < 1.29 is 0 Å². The molecule has 0 N–H and O–H groups in total. The van der Waals surface area contributed by atoms with Gasteiger partial charge < -0.3 is 0 Å². The van der Waals surface area contributed by atoms with Crippen LogP contribution >= 0.6 is 0 Å². The van der Waals surface area contributed by atoms with Crippen LogP contribution in [0.15, 0.2) is 12.2 Å². The maximum atomic E-state index is 5.27. The highest BCUT2D eigenvalue weighted by Gasteiger charge is 2.05. The molecule has 0 aromatic rings. The molecule has 0 amide bonds. The lowest BCUT2D eigenvalue weighted by atomic mass is 9.91. The number of hydrogen-bond donors (Lipinski definition) is 0. The molecule has 50 valence electrons. The van der Waals surface area contributed by atoms with Gasteiger partial charge in [-0.3, -0.25) is 0 Å². The molecule has 0 aromatic carbocycles. The van der Waals surface area contributed by atoms with E-state index in [9.17, 15) is 0 Å². The molecule has 0 saturated carbocycles. The van der Waals surface area contributed by atoms with Gasteiger partial charge in [-0.2, -0.15) is 0 Å². The molecule has 0 spiro atoms. The predicted octanol–water partition coefficient (Wildman–Crippen LogP) is 2.57. The van der Waals surface area contributed by atoms with Gasteiger partial charge in [0.15, 0.2) is 0 Å². The van der Waals surface area contributed by atoms with Crippen molar-refractivity contribution in [3.8, 4) is 0 Å². The predicted molar refractivity (Wildman–Crippen MR) is 43.8 cm³/mol. The van der Waals surface area contributed by atoms with Gasteiger partial charge in [0.05, 0.1) is 7.85 Å². The van der Waals surface area contributed by atoms with E-state index in [1.54, 1.807) is 0 Å². The Kier molecular flexibility index (Phi) is 3.68. The topological polar surface area (TPSA) is 0 Å². The monoisotopic (exact) mass is 122 g/mol. The first-order valence-electron chi connectivity index (χ1n) is 3.41. The van der Waals surface area contributed by atoms with Crippen LogP contribution in [-0.2, 0) is 0 Å². The average Bonchev–Trinajstić information content (AvgIpc) is 1.63. The highest BCUT2D eigenvalue weighted by atomic mass is 14.1. The summed E-state index contributed by atoms with van der Waals surface area (Å²) in [6, 6.07) is 0. The molecule has 0 unspecified atom stereocenters. The Labute approximate surface area is 59.8 Å². The van der Waals surface area contributed by atoms with Crippen molar-refractivity contribution in [3.63, 3.8) is 0 Å². The van der Waals surface area contributed by atoms with Crippen LogP contribution in [0.1, 0.15) is 27.2 Å². The van der Waals surface area contributed by atoms with Gasteiger partial charge in [0.25, 0.3) is 0 Å². The van der Waals surface area contributed by atoms with Gasteiger partial charge in [0.2, 0.25) is 0 Å². The van der Waals surface area contributed by atoms with Crippen LogP contribution in [0.3, 0.4) is 0 Å². The number of hydrogen-bond acceptors (Lipinski definition) is 0. The second-order valence-electron chi connectivity index (χ2n) is 3.47. The van der Waals surface area contributed by atoms with Crippen molar-refractivity contribution in [1.29, 1.82) is 0 Å². The average molecular weight is 122 g/mol. The molecule has 0 aliphatic rings. The van der Waals surface area contributed by atoms with Gasteiger partial charge in [-0.25, -0.2) is 0 Å². The first-order valence-corrected chi connectivity index (χ1v) is 3.41. The Morgan fingerprint density at radius 1 is 1.22 bits per heavy atom. The standard InChI is InChI=1S/C8H15B/c1-8(2,3)6-4-5-7-9/h4-5H,6-7H2,1-3H3/b5-4-. The molecule has 0 fully saturated rings. The molecule has 1 heteroatoms. The molecule has 0 aliphatic heterocycles. The molecule has 0 rings (SSSR count). The molecule has 0 atom stereocenters. The molecule has 0 heterocycles. The van der Waals surface area contributed by atoms with Crippen molar-refractivity contribution >= 4 is 7.85 Å². The summed E-state index contributed by atoms with van der Waals surface area (Å²) in [6.07, 6.45) is 5.92. The normalized spacial score (nSPS) is 12.8. The van der Waals surface area contributed by atoms with E-state index in [0.717, 1.165) is 6.42 Å². The second-order valence-corrected chi connectivity index (χ2v) is 3.47. The maximum absolute atomic E-state index is 5.27. The van der Waals surface area contributed by atoms with Crippen LogP contribution in [0.25, 0.3) is 0 Å². The molecule has 0 aromatic heterocycles. The van der Waals surface area contributed by atoms with Gasteiger partial charge in [-0.15, -0.1) is 0 Å². The summed E-state index contributed by atoms with van der Waals surface area (Å²) in [5, 5.41) is 0. The van der Waals surface area contributed by atoms with Crippen LogP contribution in [0.4, 0.5) is 0 Å². The van der Waals surface area contributed by atoms with E-state index in [2.05, 4.69) is 26.8 Å². The van der Waals surface area contributed by atoms with Crippen LogP contribution in [0, 0.1) is 5.41 Å². The lowest BCUT2D eigenvalue weighted by Gasteiger charge is -2.14. The van der Waals surface area contributed by atoms with Gasteiger partial charge >= 0.3 is 0 Å². The molecular formula is C8H15B. The SMILES string of the molecule is [B]C/C=C\CC(C)(C)C. The highest BCUT2D eigenvalue weighted by Crippen LogP contribution is 2.18. The molecule has 9 heavy (non-hydrogen) atoms. The minimum atomic E-state index is 0.408. The smallest absolute Gasteiger partial charge is 0.0708 e. The Hall–Kier alpha value is -0.195.